The van der Waals surface area contributed by atoms with Crippen LogP contribution in [0.1, 0.15) is 4.79 Å². The molecule has 0 unspecified atom stereocenters. The summed E-state index contributed by atoms with van der Waals surface area (Å²) in [5, 5.41) is 0. The van der Waals surface area contributed by atoms with Crippen molar-refractivity contribution in [2.24, 2.45) is 0 Å². The molecule has 0 radical (unpaired) electrons. The van der Waals surface area contributed by atoms with Gasteiger partial charge in [-0.2, -0.15) is 0 Å². The molecule has 0 aliphatic heterocycles. The van der Waals surface area contributed by atoms with Gasteiger partial charge in [0.15, 0.2) is 5.58 Å². The maximum absolute atomic E-state index is 11.3. The van der Waals surface area contributed by atoms with E-state index in [4.69, 9.17) is 4.42 Å². The lowest BCUT2D eigenvalue weighted by Gasteiger charge is -1.93. The molecular formula is C10H7NO3. The van der Waals surface area contributed by atoms with E-state index < -0.39 is 11.7 Å². The highest BCUT2D eigenvalue weighted by Gasteiger charge is 2.12. The molecule has 0 atom stereocenters. The fraction of sp³-hybridized carbons (Fsp3) is 0. The monoisotopic (exact) mass is 189 g/mol. The van der Waals surface area contributed by atoms with Crippen LogP contribution in [0, 0.1) is 0 Å². The second-order valence-electron chi connectivity index (χ2n) is 2.71. The SMILES string of the molecule is C=CC(=O)n1c(=O)oc2ccccc21. The van der Waals surface area contributed by atoms with Gasteiger partial charge in [0, 0.05) is 0 Å². The topological polar surface area (TPSA) is 52.2 Å². The molecule has 0 amide bonds. The van der Waals surface area contributed by atoms with Crippen molar-refractivity contribution in [3.63, 3.8) is 0 Å². The molecule has 2 rings (SSSR count). The van der Waals surface area contributed by atoms with Crippen LogP contribution in [-0.4, -0.2) is 10.5 Å². The van der Waals surface area contributed by atoms with E-state index >= 15 is 0 Å². The minimum Gasteiger partial charge on any atom is -0.407 e. The number of rotatable bonds is 1. The Morgan fingerprint density at radius 2 is 2.14 bits per heavy atom. The van der Waals surface area contributed by atoms with Gasteiger partial charge >= 0.3 is 5.76 Å². The van der Waals surface area contributed by atoms with E-state index in [1.807, 2.05) is 0 Å². The van der Waals surface area contributed by atoms with Gasteiger partial charge in [0.05, 0.1) is 5.52 Å². The van der Waals surface area contributed by atoms with Gasteiger partial charge in [-0.25, -0.2) is 9.36 Å². The number of para-hydroxylation sites is 2. The first kappa shape index (κ1) is 8.50. The molecule has 4 nitrogen and oxygen atoms in total. The molecule has 0 fully saturated rings. The van der Waals surface area contributed by atoms with Gasteiger partial charge in [0.25, 0.3) is 5.91 Å². The van der Waals surface area contributed by atoms with Gasteiger partial charge in [-0.1, -0.05) is 18.7 Å². The molecule has 0 aliphatic carbocycles. The van der Waals surface area contributed by atoms with Crippen LogP contribution >= 0.6 is 0 Å². The number of hydrogen-bond donors (Lipinski definition) is 0. The molecule has 70 valence electrons. The maximum Gasteiger partial charge on any atom is 0.427 e. The zero-order valence-electron chi connectivity index (χ0n) is 7.27. The van der Waals surface area contributed by atoms with Crippen LogP contribution in [-0.2, 0) is 0 Å². The van der Waals surface area contributed by atoms with Crippen LogP contribution < -0.4 is 5.76 Å². The molecule has 0 saturated heterocycles. The van der Waals surface area contributed by atoms with E-state index in [0.717, 1.165) is 10.6 Å². The number of nitrogens with zero attached hydrogens (tertiary/aromatic N) is 1. The van der Waals surface area contributed by atoms with Crippen molar-refractivity contribution in [3.8, 4) is 0 Å². The number of benzene rings is 1. The first-order valence-corrected chi connectivity index (χ1v) is 4.01. The normalized spacial score (nSPS) is 10.3. The summed E-state index contributed by atoms with van der Waals surface area (Å²) in [5.74, 6) is -1.17. The summed E-state index contributed by atoms with van der Waals surface area (Å²) >= 11 is 0. The van der Waals surface area contributed by atoms with Crippen LogP contribution in [0.25, 0.3) is 11.1 Å². The van der Waals surface area contributed by atoms with Crippen molar-refractivity contribution in [3.05, 3.63) is 47.5 Å². The Morgan fingerprint density at radius 3 is 2.86 bits per heavy atom. The fourth-order valence-corrected chi connectivity index (χ4v) is 1.27. The summed E-state index contributed by atoms with van der Waals surface area (Å²) in [7, 11) is 0. The summed E-state index contributed by atoms with van der Waals surface area (Å²) in [6.45, 7) is 3.31. The third-order valence-corrected chi connectivity index (χ3v) is 1.88. The standard InChI is InChI=1S/C10H7NO3/c1-2-9(12)11-7-5-3-4-6-8(7)14-10(11)13/h2-6H,1H2. The lowest BCUT2D eigenvalue weighted by atomic mass is 10.3. The van der Waals surface area contributed by atoms with Crippen molar-refractivity contribution in [1.29, 1.82) is 0 Å². The quantitative estimate of drug-likeness (QED) is 0.637. The Bertz CT molecular complexity index is 562. The van der Waals surface area contributed by atoms with Crippen LogP contribution in [0.2, 0.25) is 0 Å². The molecule has 1 aromatic heterocycles. The molecule has 2 aromatic rings. The molecule has 1 heterocycles. The minimum atomic E-state index is -0.684. The molecule has 0 saturated carbocycles. The van der Waals surface area contributed by atoms with Crippen LogP contribution in [0.4, 0.5) is 0 Å². The number of allylic oxidation sites excluding steroid dienone is 1. The van der Waals surface area contributed by atoms with Gasteiger partial charge in [-0.15, -0.1) is 0 Å². The second-order valence-corrected chi connectivity index (χ2v) is 2.71. The van der Waals surface area contributed by atoms with Gasteiger partial charge < -0.3 is 4.42 Å². The summed E-state index contributed by atoms with van der Waals surface area (Å²) < 4.78 is 5.81. The van der Waals surface area contributed by atoms with E-state index in [0.29, 0.717) is 11.1 Å². The Kier molecular flexibility index (Phi) is 1.81. The second kappa shape index (κ2) is 2.99. The molecule has 4 heteroatoms. The molecule has 0 spiro atoms. The molecular weight excluding hydrogens is 182 g/mol. The van der Waals surface area contributed by atoms with Gasteiger partial charge in [-0.3, -0.25) is 4.79 Å². The maximum atomic E-state index is 11.3. The number of hydrogen-bond acceptors (Lipinski definition) is 3. The van der Waals surface area contributed by atoms with Gasteiger partial charge in [0.1, 0.15) is 0 Å². The largest absolute Gasteiger partial charge is 0.427 e. The first-order valence-electron chi connectivity index (χ1n) is 4.01. The summed E-state index contributed by atoms with van der Waals surface area (Å²) in [6.07, 6.45) is 1.07. The summed E-state index contributed by atoms with van der Waals surface area (Å²) in [6, 6.07) is 6.73. The number of oxazole rings is 1. The van der Waals surface area contributed by atoms with Crippen LogP contribution in [0.15, 0.2) is 46.1 Å². The average Bonchev–Trinajstić information content (AvgIpc) is 2.53. The van der Waals surface area contributed by atoms with Crippen molar-refractivity contribution in [2.75, 3.05) is 0 Å². The number of carbonyl (C=O) groups excluding carboxylic acids is 1. The van der Waals surface area contributed by atoms with E-state index in [1.54, 1.807) is 24.3 Å². The minimum absolute atomic E-state index is 0.396. The number of aromatic nitrogens is 1. The lowest BCUT2D eigenvalue weighted by molar-refractivity contribution is 0.0966. The van der Waals surface area contributed by atoms with Crippen molar-refractivity contribution >= 4 is 17.0 Å². The fourth-order valence-electron chi connectivity index (χ4n) is 1.27. The molecule has 0 bridgehead atoms. The highest BCUT2D eigenvalue weighted by molar-refractivity contribution is 5.95. The smallest absolute Gasteiger partial charge is 0.407 e. The molecule has 1 aromatic carbocycles. The Morgan fingerprint density at radius 1 is 1.43 bits per heavy atom. The van der Waals surface area contributed by atoms with Gasteiger partial charge in [0.2, 0.25) is 0 Å². The van der Waals surface area contributed by atoms with E-state index in [-0.39, 0.29) is 0 Å². The Hall–Kier alpha value is -2.10. The van der Waals surface area contributed by atoms with Crippen molar-refractivity contribution < 1.29 is 9.21 Å². The Balaban J connectivity index is 2.87. The van der Waals surface area contributed by atoms with Crippen molar-refractivity contribution in [2.45, 2.75) is 0 Å². The highest BCUT2D eigenvalue weighted by atomic mass is 16.4. The lowest BCUT2D eigenvalue weighted by Crippen LogP contribution is -2.20. The van der Waals surface area contributed by atoms with E-state index in [1.165, 1.54) is 0 Å². The zero-order valence-corrected chi connectivity index (χ0v) is 7.27. The zero-order chi connectivity index (χ0) is 10.1. The average molecular weight is 189 g/mol. The van der Waals surface area contributed by atoms with E-state index in [9.17, 15) is 9.59 Å². The van der Waals surface area contributed by atoms with Crippen LogP contribution in [0.5, 0.6) is 0 Å². The summed E-state index contributed by atoms with van der Waals surface area (Å²) in [5.41, 5.74) is 0.857. The van der Waals surface area contributed by atoms with Gasteiger partial charge in [-0.05, 0) is 18.2 Å². The molecule has 14 heavy (non-hydrogen) atoms. The highest BCUT2D eigenvalue weighted by Crippen LogP contribution is 2.11. The van der Waals surface area contributed by atoms with Crippen molar-refractivity contribution in [1.82, 2.24) is 4.57 Å². The third kappa shape index (κ3) is 1.08. The molecule has 0 aliphatic rings. The third-order valence-electron chi connectivity index (χ3n) is 1.88. The van der Waals surface area contributed by atoms with Crippen LogP contribution in [0.3, 0.4) is 0 Å². The van der Waals surface area contributed by atoms with E-state index in [2.05, 4.69) is 6.58 Å². The molecule has 0 N–H and O–H groups in total. The number of fused-ring (bicyclic) bond motifs is 1. The number of carbonyl (C=O) groups is 1. The predicted octanol–water partition coefficient (Wildman–Crippen LogP) is 1.42. The predicted molar refractivity (Wildman–Crippen MR) is 51.3 cm³/mol. The first-order chi connectivity index (χ1) is 6.74. The summed E-state index contributed by atoms with van der Waals surface area (Å²) in [4.78, 5) is 22.6. The Labute approximate surface area is 79.1 Å².